The number of aliphatic imine (C=N–C) groups is 1. The predicted octanol–water partition coefficient (Wildman–Crippen LogP) is 6.58. The van der Waals surface area contributed by atoms with Crippen LogP contribution in [0.4, 0.5) is 5.69 Å². The number of halogens is 1. The third-order valence-corrected chi connectivity index (χ3v) is 9.09. The van der Waals surface area contributed by atoms with E-state index in [-0.39, 0.29) is 5.04 Å². The second kappa shape index (κ2) is 7.01. The quantitative estimate of drug-likeness (QED) is 0.427. The van der Waals surface area contributed by atoms with Crippen molar-refractivity contribution >= 4 is 36.1 Å². The van der Waals surface area contributed by atoms with Gasteiger partial charge in [0.1, 0.15) is 5.75 Å². The van der Waals surface area contributed by atoms with Crippen molar-refractivity contribution in [3.8, 4) is 5.75 Å². The Bertz CT molecular complexity index is 690. The van der Waals surface area contributed by atoms with Crippen LogP contribution in [0.15, 0.2) is 58.0 Å². The lowest BCUT2D eigenvalue weighted by atomic mass is 10.2. The summed E-state index contributed by atoms with van der Waals surface area (Å²) < 4.78 is 7.50. The molecule has 0 aromatic heterocycles. The summed E-state index contributed by atoms with van der Waals surface area (Å²) in [5.74, 6) is 0.894. The van der Waals surface area contributed by atoms with E-state index in [9.17, 15) is 0 Å². The lowest BCUT2D eigenvalue weighted by Crippen LogP contribution is -2.44. The maximum Gasteiger partial charge on any atom is 0.250 e. The molecule has 0 N–H and O–H groups in total. The minimum absolute atomic E-state index is 0.156. The van der Waals surface area contributed by atoms with Crippen LogP contribution in [0.2, 0.25) is 18.1 Å². The van der Waals surface area contributed by atoms with Crippen molar-refractivity contribution in [2.24, 2.45) is 4.99 Å². The molecule has 2 rings (SSSR count). The Hall–Kier alpha value is -1.39. The van der Waals surface area contributed by atoms with Gasteiger partial charge >= 0.3 is 0 Å². The Labute approximate surface area is 148 Å². The minimum Gasteiger partial charge on any atom is -0.543 e. The molecule has 0 radical (unpaired) electrons. The molecule has 0 aliphatic carbocycles. The highest BCUT2D eigenvalue weighted by Gasteiger charge is 2.39. The van der Waals surface area contributed by atoms with Gasteiger partial charge in [0.25, 0.3) is 8.32 Å². The van der Waals surface area contributed by atoms with E-state index in [0.717, 1.165) is 21.5 Å². The maximum atomic E-state index is 6.48. The molecule has 2 aromatic rings. The molecule has 23 heavy (non-hydrogen) atoms. The van der Waals surface area contributed by atoms with Crippen LogP contribution < -0.4 is 4.43 Å². The normalized spacial score (nSPS) is 12.6. The van der Waals surface area contributed by atoms with Crippen LogP contribution in [-0.2, 0) is 0 Å². The number of hydrogen-bond donors (Lipinski definition) is 0. The Kier molecular flexibility index (Phi) is 5.47. The zero-order chi connectivity index (χ0) is 17.1. The highest BCUT2D eigenvalue weighted by molar-refractivity contribution is 9.10. The molecule has 122 valence electrons. The van der Waals surface area contributed by atoms with Crippen LogP contribution in [0.5, 0.6) is 5.75 Å². The van der Waals surface area contributed by atoms with Gasteiger partial charge in [0, 0.05) is 16.3 Å². The highest BCUT2D eigenvalue weighted by Crippen LogP contribution is 2.38. The van der Waals surface area contributed by atoms with Gasteiger partial charge in [0.2, 0.25) is 0 Å². The fraction of sp³-hybridized carbons (Fsp3) is 0.316. The fourth-order valence-corrected chi connectivity index (χ4v) is 3.16. The monoisotopic (exact) mass is 389 g/mol. The fourth-order valence-electron chi connectivity index (χ4n) is 1.79. The number of benzene rings is 2. The van der Waals surface area contributed by atoms with Crippen LogP contribution in [0.1, 0.15) is 26.3 Å². The van der Waals surface area contributed by atoms with Gasteiger partial charge in [-0.15, -0.1) is 0 Å². The zero-order valence-corrected chi connectivity index (χ0v) is 17.0. The first-order valence-corrected chi connectivity index (χ1v) is 11.5. The van der Waals surface area contributed by atoms with Gasteiger partial charge < -0.3 is 4.43 Å². The van der Waals surface area contributed by atoms with E-state index in [1.54, 1.807) is 0 Å². The first-order chi connectivity index (χ1) is 10.7. The summed E-state index contributed by atoms with van der Waals surface area (Å²) >= 11 is 3.54. The SMILES string of the molecule is CC(C)(C)[Si](C)(C)Oc1cc(Br)ccc1C=Nc1ccccc1. The molecular weight excluding hydrogens is 366 g/mol. The number of rotatable bonds is 4. The van der Waals surface area contributed by atoms with Crippen molar-refractivity contribution in [3.05, 3.63) is 58.6 Å². The van der Waals surface area contributed by atoms with Gasteiger partial charge in [-0.25, -0.2) is 0 Å². The summed E-state index contributed by atoms with van der Waals surface area (Å²) in [6.07, 6.45) is 1.88. The molecule has 0 amide bonds. The van der Waals surface area contributed by atoms with E-state index >= 15 is 0 Å². The van der Waals surface area contributed by atoms with Crippen molar-refractivity contribution in [2.45, 2.75) is 38.9 Å². The molecule has 0 atom stereocenters. The molecule has 0 saturated carbocycles. The van der Waals surface area contributed by atoms with Gasteiger partial charge in [0.15, 0.2) is 0 Å². The topological polar surface area (TPSA) is 21.6 Å². The Morgan fingerprint density at radius 1 is 1.04 bits per heavy atom. The Morgan fingerprint density at radius 2 is 1.70 bits per heavy atom. The van der Waals surface area contributed by atoms with E-state index in [1.165, 1.54) is 0 Å². The van der Waals surface area contributed by atoms with Crippen LogP contribution in [0.3, 0.4) is 0 Å². The molecular formula is C19H24BrNOSi. The van der Waals surface area contributed by atoms with Crippen LogP contribution in [0, 0.1) is 0 Å². The molecule has 2 nitrogen and oxygen atoms in total. The van der Waals surface area contributed by atoms with Crippen LogP contribution in [0.25, 0.3) is 0 Å². The summed E-state index contributed by atoms with van der Waals surface area (Å²) in [6.45, 7) is 11.2. The Morgan fingerprint density at radius 3 is 2.30 bits per heavy atom. The second-order valence-electron chi connectivity index (χ2n) is 7.14. The first-order valence-electron chi connectivity index (χ1n) is 7.77. The average molecular weight is 390 g/mol. The van der Waals surface area contributed by atoms with E-state index in [4.69, 9.17) is 4.43 Å². The van der Waals surface area contributed by atoms with Crippen molar-refractivity contribution in [1.82, 2.24) is 0 Å². The molecule has 0 aliphatic rings. The van der Waals surface area contributed by atoms with Crippen molar-refractivity contribution in [2.75, 3.05) is 0 Å². The van der Waals surface area contributed by atoms with Crippen LogP contribution >= 0.6 is 15.9 Å². The Balaban J connectivity index is 2.33. The van der Waals surface area contributed by atoms with E-state index < -0.39 is 8.32 Å². The summed E-state index contributed by atoms with van der Waals surface area (Å²) in [7, 11) is -1.89. The molecule has 4 heteroatoms. The number of hydrogen-bond acceptors (Lipinski definition) is 2. The second-order valence-corrected chi connectivity index (χ2v) is 12.8. The highest BCUT2D eigenvalue weighted by atomic mass is 79.9. The summed E-state index contributed by atoms with van der Waals surface area (Å²) in [6, 6.07) is 16.0. The molecule has 0 fully saturated rings. The van der Waals surface area contributed by atoms with Gasteiger partial charge in [-0.3, -0.25) is 4.99 Å². The minimum atomic E-state index is -1.89. The molecule has 0 spiro atoms. The largest absolute Gasteiger partial charge is 0.543 e. The molecule has 0 saturated heterocycles. The van der Waals surface area contributed by atoms with E-state index in [1.807, 2.05) is 54.7 Å². The summed E-state index contributed by atoms with van der Waals surface area (Å²) in [5, 5.41) is 0.156. The van der Waals surface area contributed by atoms with Gasteiger partial charge in [-0.1, -0.05) is 54.9 Å². The molecule has 2 aromatic carbocycles. The maximum absolute atomic E-state index is 6.48. The van der Waals surface area contributed by atoms with Crippen molar-refractivity contribution in [3.63, 3.8) is 0 Å². The van der Waals surface area contributed by atoms with Crippen molar-refractivity contribution in [1.29, 1.82) is 0 Å². The van der Waals surface area contributed by atoms with Gasteiger partial charge in [0.05, 0.1) is 5.69 Å². The smallest absolute Gasteiger partial charge is 0.250 e. The first kappa shape index (κ1) is 18.0. The van der Waals surface area contributed by atoms with Crippen LogP contribution in [-0.4, -0.2) is 14.5 Å². The molecule has 0 heterocycles. The van der Waals surface area contributed by atoms with Gasteiger partial charge in [-0.2, -0.15) is 0 Å². The van der Waals surface area contributed by atoms with Gasteiger partial charge in [-0.05, 0) is 48.5 Å². The lowest BCUT2D eigenvalue weighted by Gasteiger charge is -2.36. The standard InChI is InChI=1S/C19H24BrNOSi/c1-19(2,3)23(4,5)22-18-13-16(20)12-11-15(18)14-21-17-9-7-6-8-10-17/h6-14H,1-5H3. The molecule has 0 aliphatic heterocycles. The van der Waals surface area contributed by atoms with E-state index in [0.29, 0.717) is 0 Å². The zero-order valence-electron chi connectivity index (χ0n) is 14.4. The average Bonchev–Trinajstić information content (AvgIpc) is 2.46. The summed E-state index contributed by atoms with van der Waals surface area (Å²) in [5.41, 5.74) is 1.94. The lowest BCUT2D eigenvalue weighted by molar-refractivity contribution is 0.491. The summed E-state index contributed by atoms with van der Waals surface area (Å²) in [4.78, 5) is 4.55. The number of para-hydroxylation sites is 1. The molecule has 0 unspecified atom stereocenters. The third kappa shape index (κ3) is 4.79. The number of nitrogens with zero attached hydrogens (tertiary/aromatic N) is 1. The van der Waals surface area contributed by atoms with E-state index in [2.05, 4.69) is 54.8 Å². The molecule has 0 bridgehead atoms. The third-order valence-electron chi connectivity index (χ3n) is 4.26. The van der Waals surface area contributed by atoms with Crippen molar-refractivity contribution < 1.29 is 4.43 Å². The predicted molar refractivity (Wildman–Crippen MR) is 106 cm³/mol.